The lowest BCUT2D eigenvalue weighted by Gasteiger charge is -2.09. The van der Waals surface area contributed by atoms with Crippen molar-refractivity contribution in [3.63, 3.8) is 0 Å². The van der Waals surface area contributed by atoms with Gasteiger partial charge in [-0.1, -0.05) is 12.0 Å². The standard InChI is InChI=1S/C21H15N3O2S/c1-25-18-7-6-15(11-19(18)26-2)16-10-17-21(23-13-16)20(27-24-17)8-5-14-4-3-9-22-12-14/h3-4,6-7,9-13H,1-2H3. The lowest BCUT2D eigenvalue weighted by molar-refractivity contribution is 0.355. The summed E-state index contributed by atoms with van der Waals surface area (Å²) >= 11 is 1.35. The Labute approximate surface area is 160 Å². The van der Waals surface area contributed by atoms with Crippen molar-refractivity contribution in [3.05, 3.63) is 65.4 Å². The third kappa shape index (κ3) is 3.46. The number of hydrogen-bond donors (Lipinski definition) is 0. The van der Waals surface area contributed by atoms with E-state index < -0.39 is 0 Å². The zero-order valence-corrected chi connectivity index (χ0v) is 15.6. The zero-order chi connectivity index (χ0) is 18.6. The predicted octanol–water partition coefficient (Wildman–Crippen LogP) is 4.17. The molecule has 27 heavy (non-hydrogen) atoms. The first-order chi connectivity index (χ1) is 13.3. The first-order valence-electron chi connectivity index (χ1n) is 8.18. The minimum atomic E-state index is 0.677. The molecule has 0 saturated heterocycles. The molecule has 0 saturated carbocycles. The largest absolute Gasteiger partial charge is 0.493 e. The highest BCUT2D eigenvalue weighted by Gasteiger charge is 2.10. The van der Waals surface area contributed by atoms with E-state index in [1.54, 1.807) is 26.6 Å². The third-order valence-electron chi connectivity index (χ3n) is 4.02. The topological polar surface area (TPSA) is 57.1 Å². The Morgan fingerprint density at radius 2 is 1.81 bits per heavy atom. The van der Waals surface area contributed by atoms with E-state index in [1.807, 2.05) is 42.6 Å². The molecule has 0 N–H and O–H groups in total. The Balaban J connectivity index is 1.70. The third-order valence-corrected chi connectivity index (χ3v) is 4.78. The normalized spacial score (nSPS) is 10.3. The number of benzene rings is 1. The molecule has 4 aromatic rings. The van der Waals surface area contributed by atoms with E-state index in [4.69, 9.17) is 9.47 Å². The molecule has 6 heteroatoms. The average Bonchev–Trinajstić information content (AvgIpc) is 3.14. The van der Waals surface area contributed by atoms with Crippen LogP contribution in [0.1, 0.15) is 10.4 Å². The van der Waals surface area contributed by atoms with Crippen LogP contribution < -0.4 is 9.47 Å². The predicted molar refractivity (Wildman–Crippen MR) is 106 cm³/mol. The minimum absolute atomic E-state index is 0.677. The molecule has 0 aliphatic carbocycles. The number of ether oxygens (including phenoxy) is 2. The van der Waals surface area contributed by atoms with Gasteiger partial charge in [0.25, 0.3) is 0 Å². The Bertz CT molecular complexity index is 1160. The van der Waals surface area contributed by atoms with Gasteiger partial charge >= 0.3 is 0 Å². The number of fused-ring (bicyclic) bond motifs is 1. The van der Waals surface area contributed by atoms with Gasteiger partial charge in [0.1, 0.15) is 15.9 Å². The smallest absolute Gasteiger partial charge is 0.161 e. The van der Waals surface area contributed by atoms with E-state index in [-0.39, 0.29) is 0 Å². The van der Waals surface area contributed by atoms with Crippen LogP contribution >= 0.6 is 11.5 Å². The van der Waals surface area contributed by atoms with Crippen molar-refractivity contribution in [3.8, 4) is 34.5 Å². The summed E-state index contributed by atoms with van der Waals surface area (Å²) in [6.07, 6.45) is 5.29. The highest BCUT2D eigenvalue weighted by molar-refractivity contribution is 7.07. The summed E-state index contributed by atoms with van der Waals surface area (Å²) in [6, 6.07) is 11.6. The van der Waals surface area contributed by atoms with Crippen LogP contribution in [0.5, 0.6) is 11.5 Å². The molecule has 0 spiro atoms. The number of pyridine rings is 2. The molecule has 4 rings (SSSR count). The van der Waals surface area contributed by atoms with Crippen LogP contribution in [0.15, 0.2) is 55.0 Å². The number of aromatic nitrogens is 3. The molecule has 1 aromatic carbocycles. The maximum absolute atomic E-state index is 5.38. The van der Waals surface area contributed by atoms with Gasteiger partial charge in [-0.25, -0.2) is 0 Å². The number of hydrogen-bond acceptors (Lipinski definition) is 6. The van der Waals surface area contributed by atoms with Gasteiger partial charge in [0, 0.05) is 29.7 Å². The van der Waals surface area contributed by atoms with Crippen molar-refractivity contribution in [2.75, 3.05) is 14.2 Å². The van der Waals surface area contributed by atoms with E-state index >= 15 is 0 Å². The van der Waals surface area contributed by atoms with Gasteiger partial charge in [0.05, 0.1) is 14.2 Å². The van der Waals surface area contributed by atoms with Crippen molar-refractivity contribution in [2.45, 2.75) is 0 Å². The maximum Gasteiger partial charge on any atom is 0.161 e. The molecule has 0 atom stereocenters. The quantitative estimate of drug-likeness (QED) is 0.505. The van der Waals surface area contributed by atoms with E-state index in [1.165, 1.54) is 11.5 Å². The first-order valence-corrected chi connectivity index (χ1v) is 8.95. The summed E-state index contributed by atoms with van der Waals surface area (Å²) in [5, 5.41) is 0. The highest BCUT2D eigenvalue weighted by atomic mass is 32.1. The summed E-state index contributed by atoms with van der Waals surface area (Å²) in [7, 11) is 3.24. The highest BCUT2D eigenvalue weighted by Crippen LogP contribution is 2.33. The molecular weight excluding hydrogens is 358 g/mol. The monoisotopic (exact) mass is 373 g/mol. The van der Waals surface area contributed by atoms with Crippen molar-refractivity contribution >= 4 is 22.6 Å². The molecule has 0 bridgehead atoms. The molecule has 132 valence electrons. The SMILES string of the molecule is COc1ccc(-c2cnc3c(C#Cc4cccnc4)snc3c2)cc1OC. The van der Waals surface area contributed by atoms with Gasteiger partial charge in [-0.2, -0.15) is 4.37 Å². The molecule has 0 amide bonds. The van der Waals surface area contributed by atoms with Crippen LogP contribution in [-0.2, 0) is 0 Å². The maximum atomic E-state index is 5.38. The van der Waals surface area contributed by atoms with Crippen molar-refractivity contribution in [2.24, 2.45) is 0 Å². The molecule has 3 aromatic heterocycles. The van der Waals surface area contributed by atoms with Crippen LogP contribution in [0, 0.1) is 11.8 Å². The molecule has 0 radical (unpaired) electrons. The van der Waals surface area contributed by atoms with Gasteiger partial charge in [-0.3, -0.25) is 9.97 Å². The lowest BCUT2D eigenvalue weighted by Crippen LogP contribution is -1.91. The summed E-state index contributed by atoms with van der Waals surface area (Å²) in [4.78, 5) is 9.50. The molecule has 0 unspecified atom stereocenters. The van der Waals surface area contributed by atoms with Gasteiger partial charge in [0.2, 0.25) is 0 Å². The van der Waals surface area contributed by atoms with E-state index in [0.29, 0.717) is 11.5 Å². The Kier molecular flexibility index (Phi) is 4.69. The van der Waals surface area contributed by atoms with Gasteiger partial charge in [-0.15, -0.1) is 0 Å². The summed E-state index contributed by atoms with van der Waals surface area (Å²) < 4.78 is 15.2. The lowest BCUT2D eigenvalue weighted by atomic mass is 10.1. The molecule has 0 fully saturated rings. The summed E-state index contributed by atoms with van der Waals surface area (Å²) in [5.74, 6) is 7.61. The van der Waals surface area contributed by atoms with Crippen LogP contribution in [0.2, 0.25) is 0 Å². The van der Waals surface area contributed by atoms with Crippen LogP contribution in [-0.4, -0.2) is 28.6 Å². The van der Waals surface area contributed by atoms with E-state index in [9.17, 15) is 0 Å². The number of nitrogens with zero attached hydrogens (tertiary/aromatic N) is 3. The molecule has 3 heterocycles. The fourth-order valence-electron chi connectivity index (χ4n) is 2.66. The van der Waals surface area contributed by atoms with Crippen LogP contribution in [0.25, 0.3) is 22.2 Å². The van der Waals surface area contributed by atoms with E-state index in [2.05, 4.69) is 26.2 Å². The molecule has 5 nitrogen and oxygen atoms in total. The fourth-order valence-corrected chi connectivity index (χ4v) is 3.33. The van der Waals surface area contributed by atoms with Gasteiger partial charge in [-0.05, 0) is 53.3 Å². The summed E-state index contributed by atoms with van der Waals surface area (Å²) in [5.41, 5.74) is 4.43. The van der Waals surface area contributed by atoms with E-state index in [0.717, 1.165) is 32.6 Å². The second kappa shape index (κ2) is 7.44. The molecule has 0 aliphatic heterocycles. The van der Waals surface area contributed by atoms with Gasteiger partial charge in [0.15, 0.2) is 11.5 Å². The van der Waals surface area contributed by atoms with Crippen LogP contribution in [0.3, 0.4) is 0 Å². The van der Waals surface area contributed by atoms with Gasteiger partial charge < -0.3 is 9.47 Å². The Hall–Kier alpha value is -3.43. The second-order valence-electron chi connectivity index (χ2n) is 5.66. The number of rotatable bonds is 3. The Morgan fingerprint density at radius 3 is 2.59 bits per heavy atom. The first kappa shape index (κ1) is 17.0. The van der Waals surface area contributed by atoms with Crippen molar-refractivity contribution in [1.29, 1.82) is 0 Å². The molecular formula is C21H15N3O2S. The zero-order valence-electron chi connectivity index (χ0n) is 14.8. The second-order valence-corrected chi connectivity index (χ2v) is 6.44. The number of methoxy groups -OCH3 is 2. The fraction of sp³-hybridized carbons (Fsp3) is 0.0952. The minimum Gasteiger partial charge on any atom is -0.493 e. The molecule has 0 aliphatic rings. The Morgan fingerprint density at radius 1 is 0.926 bits per heavy atom. The van der Waals surface area contributed by atoms with Crippen molar-refractivity contribution in [1.82, 2.24) is 14.3 Å². The van der Waals surface area contributed by atoms with Crippen LogP contribution in [0.4, 0.5) is 0 Å². The summed E-state index contributed by atoms with van der Waals surface area (Å²) in [6.45, 7) is 0. The average molecular weight is 373 g/mol. The van der Waals surface area contributed by atoms with Crippen molar-refractivity contribution < 1.29 is 9.47 Å².